The number of anilines is 2. The normalized spacial score (nSPS) is 13.4. The number of carbonyl (C=O) groups is 1. The molecule has 1 amide bonds. The Labute approximate surface area is 159 Å². The third kappa shape index (κ3) is 3.09. The number of amides is 1. The summed E-state index contributed by atoms with van der Waals surface area (Å²) in [5.41, 5.74) is 8.12. The smallest absolute Gasteiger partial charge is 0.270 e. The molecule has 1 aromatic heterocycles. The average molecular weight is 378 g/mol. The van der Waals surface area contributed by atoms with E-state index in [0.29, 0.717) is 25.3 Å². The van der Waals surface area contributed by atoms with Crippen molar-refractivity contribution in [2.45, 2.75) is 19.5 Å². The van der Waals surface area contributed by atoms with Gasteiger partial charge in [0.25, 0.3) is 16.8 Å². The number of nitrogens with one attached hydrogen (secondary N) is 1. The second-order valence-corrected chi connectivity index (χ2v) is 6.76. The summed E-state index contributed by atoms with van der Waals surface area (Å²) >= 11 is 0. The molecule has 0 aliphatic carbocycles. The predicted molar refractivity (Wildman–Crippen MR) is 104 cm³/mol. The van der Waals surface area contributed by atoms with E-state index in [1.54, 1.807) is 6.07 Å². The van der Waals surface area contributed by atoms with Crippen LogP contribution in [-0.2, 0) is 19.5 Å². The zero-order valence-corrected chi connectivity index (χ0v) is 14.9. The van der Waals surface area contributed by atoms with Crippen LogP contribution in [-0.4, -0.2) is 22.5 Å². The first-order chi connectivity index (χ1) is 13.4. The number of nitrogens with two attached hydrogens (primary N) is 1. The van der Waals surface area contributed by atoms with Gasteiger partial charge in [-0.05, 0) is 29.2 Å². The number of rotatable bonds is 4. The van der Waals surface area contributed by atoms with Crippen molar-refractivity contribution < 1.29 is 9.90 Å². The molecule has 2 aromatic carbocycles. The minimum atomic E-state index is -0.613. The molecule has 0 saturated heterocycles. The van der Waals surface area contributed by atoms with Gasteiger partial charge in [-0.15, -0.1) is 0 Å². The highest BCUT2D eigenvalue weighted by molar-refractivity contribution is 5.92. The first kappa shape index (κ1) is 17.7. The summed E-state index contributed by atoms with van der Waals surface area (Å²) in [5, 5.41) is 12.1. The van der Waals surface area contributed by atoms with Gasteiger partial charge >= 0.3 is 0 Å². The lowest BCUT2D eigenvalue weighted by Crippen LogP contribution is -2.44. The van der Waals surface area contributed by atoms with Crippen LogP contribution < -0.4 is 26.8 Å². The number of pyridine rings is 1. The van der Waals surface area contributed by atoms with Gasteiger partial charge in [0.2, 0.25) is 5.88 Å². The van der Waals surface area contributed by atoms with Gasteiger partial charge in [0.05, 0.1) is 0 Å². The lowest BCUT2D eigenvalue weighted by Gasteiger charge is -2.32. The molecular formula is C20H18N4O4. The van der Waals surface area contributed by atoms with E-state index in [1.807, 2.05) is 23.1 Å². The Kier molecular flexibility index (Phi) is 4.31. The zero-order chi connectivity index (χ0) is 19.8. The summed E-state index contributed by atoms with van der Waals surface area (Å²) in [5.74, 6) is -0.592. The molecule has 0 atom stereocenters. The van der Waals surface area contributed by atoms with Crippen molar-refractivity contribution in [3.05, 3.63) is 79.2 Å². The number of nitrogens with zero attached hydrogens (tertiary/aromatic N) is 2. The van der Waals surface area contributed by atoms with Crippen LogP contribution in [0.25, 0.3) is 0 Å². The quantitative estimate of drug-likeness (QED) is 0.563. The molecule has 2 heterocycles. The Hall–Kier alpha value is -3.68. The molecule has 1 aliphatic heterocycles. The van der Waals surface area contributed by atoms with E-state index in [4.69, 9.17) is 5.73 Å². The van der Waals surface area contributed by atoms with Crippen LogP contribution in [0.2, 0.25) is 0 Å². The topological polar surface area (TPSA) is 126 Å². The number of fused-ring (bicyclic) bond motifs is 1. The molecule has 28 heavy (non-hydrogen) atoms. The maximum atomic E-state index is 12.2. The lowest BCUT2D eigenvalue weighted by molar-refractivity contribution is 0.0945. The van der Waals surface area contributed by atoms with Gasteiger partial charge in [0.15, 0.2) is 0 Å². The summed E-state index contributed by atoms with van der Waals surface area (Å²) in [7, 11) is 0. The monoisotopic (exact) mass is 378 g/mol. The maximum absolute atomic E-state index is 12.2. The number of carbonyl (C=O) groups excluding carboxylic acids is 1. The van der Waals surface area contributed by atoms with Crippen LogP contribution in [0, 0.1) is 0 Å². The van der Waals surface area contributed by atoms with E-state index in [9.17, 15) is 19.5 Å². The van der Waals surface area contributed by atoms with Crippen LogP contribution >= 0.6 is 0 Å². The fraction of sp³-hybridized carbons (Fsp3) is 0.200. The Morgan fingerprint density at radius 1 is 1.18 bits per heavy atom. The zero-order valence-electron chi connectivity index (χ0n) is 14.9. The lowest BCUT2D eigenvalue weighted by atomic mass is 9.96. The summed E-state index contributed by atoms with van der Waals surface area (Å²) in [6.45, 7) is 1.41. The molecular weight excluding hydrogens is 360 g/mol. The summed E-state index contributed by atoms with van der Waals surface area (Å²) < 4.78 is 0. The molecule has 0 saturated carbocycles. The standard InChI is InChI=1S/C20H18N4O4/c21-16-17(19(27)18(16)26)24-7-6-12-5-4-11(8-13(12)10-24)9-22-20(28)14-2-1-3-15(25)23-14/h1-5,8H,6-7,9-10,21H2,(H,22,28)(H,23,25). The number of aromatic hydroxyl groups is 1. The van der Waals surface area contributed by atoms with Gasteiger partial charge in [-0.3, -0.25) is 14.4 Å². The second-order valence-electron chi connectivity index (χ2n) is 6.76. The number of hydrogen-bond donors (Lipinski definition) is 3. The first-order valence-corrected chi connectivity index (χ1v) is 8.82. The highest BCUT2D eigenvalue weighted by Gasteiger charge is 2.26. The van der Waals surface area contributed by atoms with Gasteiger partial charge in [-0.1, -0.05) is 24.3 Å². The fourth-order valence-corrected chi connectivity index (χ4v) is 3.45. The number of benzene rings is 1. The Bertz CT molecular complexity index is 1150. The largest absolute Gasteiger partial charge is 0.493 e. The number of hydrogen-bond acceptors (Lipinski definition) is 7. The maximum Gasteiger partial charge on any atom is 0.270 e. The van der Waals surface area contributed by atoms with Crippen LogP contribution in [0.3, 0.4) is 0 Å². The van der Waals surface area contributed by atoms with E-state index < -0.39 is 10.9 Å². The Morgan fingerprint density at radius 3 is 2.75 bits per heavy atom. The molecule has 4 N–H and O–H groups in total. The molecule has 0 radical (unpaired) electrons. The first-order valence-electron chi connectivity index (χ1n) is 8.82. The molecule has 0 unspecified atom stereocenters. The highest BCUT2D eigenvalue weighted by Crippen LogP contribution is 2.26. The predicted octanol–water partition coefficient (Wildman–Crippen LogP) is 0.458. The molecule has 4 rings (SSSR count). The molecule has 1 aliphatic rings. The fourth-order valence-electron chi connectivity index (χ4n) is 3.45. The third-order valence-corrected chi connectivity index (χ3v) is 4.94. The van der Waals surface area contributed by atoms with Gasteiger partial charge in [-0.2, -0.15) is 0 Å². The van der Waals surface area contributed by atoms with Crippen molar-refractivity contribution in [3.8, 4) is 5.88 Å². The van der Waals surface area contributed by atoms with Crippen molar-refractivity contribution in [1.82, 2.24) is 10.3 Å². The number of aromatic nitrogens is 1. The molecule has 8 nitrogen and oxygen atoms in total. The van der Waals surface area contributed by atoms with E-state index in [-0.39, 0.29) is 23.2 Å². The van der Waals surface area contributed by atoms with Crippen LogP contribution in [0.15, 0.2) is 46.0 Å². The van der Waals surface area contributed by atoms with E-state index >= 15 is 0 Å². The minimum Gasteiger partial charge on any atom is -0.493 e. The van der Waals surface area contributed by atoms with Crippen molar-refractivity contribution >= 4 is 17.3 Å². The average Bonchev–Trinajstić information content (AvgIpc) is 2.71. The minimum absolute atomic E-state index is 0.0375. The SMILES string of the molecule is Nc1c(N2CCc3ccc(CNC(=O)c4cccc(O)n4)cc3C2)c(=O)c1=O. The molecule has 0 fully saturated rings. The van der Waals surface area contributed by atoms with Crippen LogP contribution in [0.1, 0.15) is 27.2 Å². The third-order valence-electron chi connectivity index (χ3n) is 4.94. The summed E-state index contributed by atoms with van der Waals surface area (Å²) in [6, 6.07) is 10.4. The van der Waals surface area contributed by atoms with E-state index in [0.717, 1.165) is 17.5 Å². The highest BCUT2D eigenvalue weighted by atomic mass is 16.3. The van der Waals surface area contributed by atoms with Crippen molar-refractivity contribution in [2.75, 3.05) is 17.2 Å². The van der Waals surface area contributed by atoms with Gasteiger partial charge in [0, 0.05) is 25.7 Å². The summed E-state index contributed by atoms with van der Waals surface area (Å²) in [4.78, 5) is 40.9. The Balaban J connectivity index is 1.47. The second kappa shape index (κ2) is 6.80. The van der Waals surface area contributed by atoms with Crippen molar-refractivity contribution in [2.24, 2.45) is 0 Å². The molecule has 8 heteroatoms. The molecule has 0 spiro atoms. The van der Waals surface area contributed by atoms with E-state index in [1.165, 1.54) is 17.7 Å². The number of nitrogen functional groups attached to an aromatic ring is 1. The Morgan fingerprint density at radius 2 is 2.00 bits per heavy atom. The van der Waals surface area contributed by atoms with E-state index in [2.05, 4.69) is 10.3 Å². The van der Waals surface area contributed by atoms with Gasteiger partial charge < -0.3 is 21.1 Å². The molecule has 0 bridgehead atoms. The molecule has 142 valence electrons. The van der Waals surface area contributed by atoms with Crippen LogP contribution in [0.5, 0.6) is 5.88 Å². The van der Waals surface area contributed by atoms with Crippen LogP contribution in [0.4, 0.5) is 11.4 Å². The summed E-state index contributed by atoms with van der Waals surface area (Å²) in [6.07, 6.45) is 0.743. The molecule has 3 aromatic rings. The van der Waals surface area contributed by atoms with Crippen molar-refractivity contribution in [3.63, 3.8) is 0 Å². The van der Waals surface area contributed by atoms with Gasteiger partial charge in [-0.25, -0.2) is 4.98 Å². The van der Waals surface area contributed by atoms with Gasteiger partial charge in [0.1, 0.15) is 17.1 Å². The van der Waals surface area contributed by atoms with Crippen molar-refractivity contribution in [1.29, 1.82) is 0 Å².